The summed E-state index contributed by atoms with van der Waals surface area (Å²) < 4.78 is 26.3. The van der Waals surface area contributed by atoms with Gasteiger partial charge in [0, 0.05) is 30.4 Å². The average molecular weight is 462 g/mol. The molecule has 2 fully saturated rings. The van der Waals surface area contributed by atoms with Crippen LogP contribution in [-0.4, -0.2) is 64.1 Å². The summed E-state index contributed by atoms with van der Waals surface area (Å²) in [6.45, 7) is 2.45. The Labute approximate surface area is 167 Å². The molecule has 1 aliphatic heterocycles. The van der Waals surface area contributed by atoms with Crippen LogP contribution in [0.5, 0.6) is 0 Å². The van der Waals surface area contributed by atoms with Gasteiger partial charge in [-0.25, -0.2) is 12.7 Å². The van der Waals surface area contributed by atoms with Gasteiger partial charge in [-0.3, -0.25) is 4.79 Å². The minimum atomic E-state index is -4.20. The largest absolute Gasteiger partial charge is 0.480 e. The van der Waals surface area contributed by atoms with Crippen molar-refractivity contribution in [2.45, 2.75) is 55.5 Å². The van der Waals surface area contributed by atoms with Crippen LogP contribution in [0.2, 0.25) is 0 Å². The van der Waals surface area contributed by atoms with Gasteiger partial charge in [-0.15, -0.1) is 0 Å². The monoisotopic (exact) mass is 461 g/mol. The molecule has 0 radical (unpaired) electrons. The number of carboxylic acid groups (broad SMARTS) is 1. The molecule has 2 aliphatic rings. The van der Waals surface area contributed by atoms with Gasteiger partial charge in [-0.1, -0.05) is 28.1 Å². The van der Waals surface area contributed by atoms with Crippen LogP contribution in [-0.2, 0) is 14.8 Å². The Morgan fingerprint density at radius 2 is 1.74 bits per heavy atom. The minimum absolute atomic E-state index is 0.212. The Kier molecular flexibility index (Phi) is 5.71. The van der Waals surface area contributed by atoms with Crippen molar-refractivity contribution >= 4 is 31.9 Å². The second kappa shape index (κ2) is 7.44. The Hall–Kier alpha value is -1.00. The van der Waals surface area contributed by atoms with Gasteiger partial charge in [0.25, 0.3) is 0 Å². The van der Waals surface area contributed by atoms with Gasteiger partial charge >= 0.3 is 5.97 Å². The first kappa shape index (κ1) is 20.7. The Morgan fingerprint density at radius 1 is 1.19 bits per heavy atom. The molecule has 1 heterocycles. The Bertz CT molecular complexity index is 824. The second-order valence-electron chi connectivity index (χ2n) is 7.53. The van der Waals surface area contributed by atoms with Crippen LogP contribution < -0.4 is 0 Å². The number of carboxylic acids is 1. The number of rotatable bonds is 4. The summed E-state index contributed by atoms with van der Waals surface area (Å²) in [5.41, 5.74) is 2.26. The van der Waals surface area contributed by atoms with Crippen molar-refractivity contribution in [3.63, 3.8) is 0 Å². The number of aryl methyl sites for hydroxylation is 1. The summed E-state index contributed by atoms with van der Waals surface area (Å²) in [5.74, 6) is -1.30. The smallest absolute Gasteiger partial charge is 0.326 e. The van der Waals surface area contributed by atoms with Crippen LogP contribution in [0.25, 0.3) is 0 Å². The summed E-state index contributed by atoms with van der Waals surface area (Å²) in [7, 11) is -4.20. The molecule has 1 aromatic carbocycles. The first-order valence-corrected chi connectivity index (χ1v) is 11.2. The average Bonchev–Trinajstić information content (AvgIpc) is 2.94. The fourth-order valence-corrected chi connectivity index (χ4v) is 6.54. The molecule has 27 heavy (non-hydrogen) atoms. The van der Waals surface area contributed by atoms with Crippen LogP contribution in [0.1, 0.15) is 42.7 Å². The maximum Gasteiger partial charge on any atom is 0.326 e. The molecule has 2 atom stereocenters. The van der Waals surface area contributed by atoms with Crippen LogP contribution >= 0.6 is 15.9 Å². The van der Waals surface area contributed by atoms with E-state index in [2.05, 4.69) is 22.0 Å². The van der Waals surface area contributed by atoms with Crippen molar-refractivity contribution in [1.82, 2.24) is 4.31 Å². The van der Waals surface area contributed by atoms with E-state index in [0.717, 1.165) is 15.6 Å². The zero-order valence-corrected chi connectivity index (χ0v) is 17.4. The lowest BCUT2D eigenvalue weighted by atomic mass is 9.89. The standard InChI is InChI=1S/C18H24BrNO6S/c1-11-8-13(2-3-14(11)19)12-4-6-20(7-5-12)27(25,26)18(17(23)24)9-15(21)16(22)10-18/h2-3,8,12,15-16,21-22H,4-7,9-10H2,1H3,(H,23,24). The quantitative estimate of drug-likeness (QED) is 0.627. The molecule has 3 N–H and O–H groups in total. The maximum absolute atomic E-state index is 13.1. The molecule has 1 aromatic rings. The van der Waals surface area contributed by atoms with Gasteiger partial charge in [0.15, 0.2) is 4.75 Å². The number of aliphatic hydroxyl groups is 2. The molecular weight excluding hydrogens is 438 g/mol. The molecule has 1 aliphatic carbocycles. The molecule has 2 unspecified atom stereocenters. The topological polar surface area (TPSA) is 115 Å². The minimum Gasteiger partial charge on any atom is -0.480 e. The normalized spacial score (nSPS) is 30.5. The lowest BCUT2D eigenvalue weighted by molar-refractivity contribution is -0.140. The van der Waals surface area contributed by atoms with E-state index in [0.29, 0.717) is 12.8 Å². The van der Waals surface area contributed by atoms with E-state index in [1.165, 1.54) is 4.31 Å². The van der Waals surface area contributed by atoms with E-state index in [1.807, 2.05) is 19.1 Å². The van der Waals surface area contributed by atoms with Gasteiger partial charge in [0.05, 0.1) is 12.2 Å². The first-order chi connectivity index (χ1) is 12.6. The second-order valence-corrected chi connectivity index (χ2v) is 10.6. The number of aliphatic carboxylic acids is 1. The number of nitrogens with zero attached hydrogens (tertiary/aromatic N) is 1. The van der Waals surface area contributed by atoms with E-state index < -0.39 is 45.8 Å². The van der Waals surface area contributed by atoms with Crippen LogP contribution in [0, 0.1) is 6.92 Å². The summed E-state index contributed by atoms with van der Waals surface area (Å²) in [6, 6.07) is 6.09. The molecule has 0 bridgehead atoms. The van der Waals surface area contributed by atoms with Crippen LogP contribution in [0.15, 0.2) is 22.7 Å². The highest BCUT2D eigenvalue weighted by atomic mass is 79.9. The van der Waals surface area contributed by atoms with Gasteiger partial charge in [0.2, 0.25) is 10.0 Å². The van der Waals surface area contributed by atoms with Crippen LogP contribution in [0.3, 0.4) is 0 Å². The summed E-state index contributed by atoms with van der Waals surface area (Å²) in [6.07, 6.45) is -2.48. The molecule has 1 saturated heterocycles. The van der Waals surface area contributed by atoms with Crippen molar-refractivity contribution in [2.24, 2.45) is 0 Å². The van der Waals surface area contributed by atoms with Crippen molar-refractivity contribution < 1.29 is 28.5 Å². The van der Waals surface area contributed by atoms with Crippen molar-refractivity contribution in [1.29, 1.82) is 0 Å². The highest BCUT2D eigenvalue weighted by Gasteiger charge is 2.60. The SMILES string of the molecule is Cc1cc(C2CCN(S(=O)(=O)C3(C(=O)O)CC(O)C(O)C3)CC2)ccc1Br. The molecule has 150 valence electrons. The number of aliphatic hydroxyl groups excluding tert-OH is 2. The highest BCUT2D eigenvalue weighted by Crippen LogP contribution is 2.41. The molecule has 7 nitrogen and oxygen atoms in total. The number of carbonyl (C=O) groups is 1. The molecule has 0 amide bonds. The van der Waals surface area contributed by atoms with Gasteiger partial charge < -0.3 is 15.3 Å². The number of hydrogen-bond donors (Lipinski definition) is 3. The Balaban J connectivity index is 1.78. The van der Waals surface area contributed by atoms with E-state index in [1.54, 1.807) is 0 Å². The number of hydrogen-bond acceptors (Lipinski definition) is 5. The van der Waals surface area contributed by atoms with Crippen LogP contribution in [0.4, 0.5) is 0 Å². The number of piperidine rings is 1. The van der Waals surface area contributed by atoms with Crippen molar-refractivity contribution in [3.05, 3.63) is 33.8 Å². The van der Waals surface area contributed by atoms with Gasteiger partial charge in [0.1, 0.15) is 0 Å². The van der Waals surface area contributed by atoms with Gasteiger partial charge in [-0.05, 0) is 42.9 Å². The third kappa shape index (κ3) is 3.55. The number of halogens is 1. The molecule has 3 rings (SSSR count). The third-order valence-corrected chi connectivity index (χ3v) is 9.28. The van der Waals surface area contributed by atoms with E-state index >= 15 is 0 Å². The van der Waals surface area contributed by atoms with E-state index in [9.17, 15) is 28.5 Å². The molecule has 9 heteroatoms. The van der Waals surface area contributed by atoms with E-state index in [4.69, 9.17) is 0 Å². The van der Waals surface area contributed by atoms with E-state index in [-0.39, 0.29) is 19.0 Å². The lowest BCUT2D eigenvalue weighted by Gasteiger charge is -2.36. The lowest BCUT2D eigenvalue weighted by Crippen LogP contribution is -2.54. The number of benzene rings is 1. The number of sulfonamides is 1. The Morgan fingerprint density at radius 3 is 2.22 bits per heavy atom. The van der Waals surface area contributed by atoms with Crippen molar-refractivity contribution in [2.75, 3.05) is 13.1 Å². The first-order valence-electron chi connectivity index (χ1n) is 8.94. The van der Waals surface area contributed by atoms with Gasteiger partial charge in [-0.2, -0.15) is 0 Å². The summed E-state index contributed by atoms with van der Waals surface area (Å²) in [5, 5.41) is 29.2. The fraction of sp³-hybridized carbons (Fsp3) is 0.611. The summed E-state index contributed by atoms with van der Waals surface area (Å²) >= 11 is 3.47. The molecule has 0 aromatic heterocycles. The zero-order chi connectivity index (χ0) is 20.0. The zero-order valence-electron chi connectivity index (χ0n) is 15.0. The molecule has 0 spiro atoms. The van der Waals surface area contributed by atoms with Crippen molar-refractivity contribution in [3.8, 4) is 0 Å². The molecule has 1 saturated carbocycles. The predicted octanol–water partition coefficient (Wildman–Crippen LogP) is 1.61. The third-order valence-electron chi connectivity index (χ3n) is 5.85. The fourth-order valence-electron chi connectivity index (χ4n) is 4.13. The maximum atomic E-state index is 13.1. The highest BCUT2D eigenvalue weighted by molar-refractivity contribution is 9.10. The molecular formula is C18H24BrNO6S. The predicted molar refractivity (Wildman–Crippen MR) is 103 cm³/mol. The summed E-state index contributed by atoms with van der Waals surface area (Å²) in [4.78, 5) is 11.8.